The van der Waals surface area contributed by atoms with Gasteiger partial charge in [-0.15, -0.1) is 0 Å². The maximum Gasteiger partial charge on any atom is 0.307 e. The molecule has 1 rings (SSSR count). The van der Waals surface area contributed by atoms with Gasteiger partial charge in [-0.3, -0.25) is 4.79 Å². The van der Waals surface area contributed by atoms with Crippen molar-refractivity contribution < 1.29 is 18.7 Å². The molecule has 3 N–H and O–H groups in total. The minimum Gasteiger partial charge on any atom is -0.481 e. The van der Waals surface area contributed by atoms with Crippen LogP contribution in [0.3, 0.4) is 0 Å². The van der Waals surface area contributed by atoms with Gasteiger partial charge in [0.25, 0.3) is 6.43 Å². The molecule has 0 aromatic carbocycles. The van der Waals surface area contributed by atoms with Gasteiger partial charge in [-0.1, -0.05) is 0 Å². The molecular weight excluding hydrogens is 274 g/mol. The number of nitrogens with two attached hydrogens (primary N) is 1. The Kier molecular flexibility index (Phi) is 3.57. The number of anilines is 1. The van der Waals surface area contributed by atoms with Gasteiger partial charge in [0, 0.05) is 11.1 Å². The minimum absolute atomic E-state index is 0.138. The second-order valence-corrected chi connectivity index (χ2v) is 3.58. The smallest absolute Gasteiger partial charge is 0.307 e. The van der Waals surface area contributed by atoms with Crippen molar-refractivity contribution >= 4 is 27.7 Å². The maximum absolute atomic E-state index is 12.5. The molecule has 1 aromatic rings. The maximum atomic E-state index is 12.5. The van der Waals surface area contributed by atoms with Crippen LogP contribution >= 0.6 is 15.9 Å². The number of pyridine rings is 1. The van der Waals surface area contributed by atoms with Crippen molar-refractivity contribution in [2.24, 2.45) is 0 Å². The number of carbonyl (C=O) groups is 1. The highest BCUT2D eigenvalue weighted by atomic mass is 79.9. The van der Waals surface area contributed by atoms with Gasteiger partial charge in [0.15, 0.2) is 0 Å². The summed E-state index contributed by atoms with van der Waals surface area (Å²) < 4.78 is 25.2. The van der Waals surface area contributed by atoms with E-state index in [0.717, 1.165) is 6.07 Å². The first-order valence-corrected chi connectivity index (χ1v) is 4.66. The molecule has 0 aliphatic carbocycles. The molecule has 1 heterocycles. The van der Waals surface area contributed by atoms with E-state index in [9.17, 15) is 13.6 Å². The minimum atomic E-state index is -2.78. The first-order valence-electron chi connectivity index (χ1n) is 3.86. The number of hydrogen-bond donors (Lipinski definition) is 2. The van der Waals surface area contributed by atoms with Crippen LogP contribution in [0.15, 0.2) is 10.7 Å². The van der Waals surface area contributed by atoms with E-state index < -0.39 is 24.4 Å². The molecule has 0 unspecified atom stereocenters. The van der Waals surface area contributed by atoms with Crippen LogP contribution in [0.2, 0.25) is 0 Å². The van der Waals surface area contributed by atoms with E-state index in [0.29, 0.717) is 0 Å². The highest BCUT2D eigenvalue weighted by Crippen LogP contribution is 2.28. The number of carboxylic acids is 1. The molecule has 15 heavy (non-hydrogen) atoms. The summed E-state index contributed by atoms with van der Waals surface area (Å²) in [5, 5.41) is 8.53. The third kappa shape index (κ3) is 2.85. The molecule has 0 atom stereocenters. The number of alkyl halides is 2. The van der Waals surface area contributed by atoms with E-state index in [2.05, 4.69) is 20.9 Å². The Balaban J connectivity index is 3.26. The lowest BCUT2D eigenvalue weighted by atomic mass is 10.1. The standard InChI is InChI=1S/C8H7BrF2N2O2/c9-5-1-3(7(10)11)4(2-6(14)15)8(12)13-5/h1,7H,2H2,(H2,12,13)(H,14,15). The number of rotatable bonds is 3. The van der Waals surface area contributed by atoms with E-state index >= 15 is 0 Å². The quantitative estimate of drug-likeness (QED) is 0.831. The van der Waals surface area contributed by atoms with Crippen molar-refractivity contribution in [1.82, 2.24) is 4.98 Å². The Morgan fingerprint density at radius 3 is 2.73 bits per heavy atom. The van der Waals surface area contributed by atoms with E-state index in [1.807, 2.05) is 0 Å². The molecule has 0 radical (unpaired) electrons. The van der Waals surface area contributed by atoms with Crippen LogP contribution in [0, 0.1) is 0 Å². The zero-order valence-electron chi connectivity index (χ0n) is 7.38. The van der Waals surface area contributed by atoms with Gasteiger partial charge in [-0.2, -0.15) is 0 Å². The summed E-state index contributed by atoms with van der Waals surface area (Å²) in [5.74, 6) is -1.42. The molecule has 0 spiro atoms. The largest absolute Gasteiger partial charge is 0.481 e. The van der Waals surface area contributed by atoms with Gasteiger partial charge >= 0.3 is 5.97 Å². The molecule has 82 valence electrons. The Bertz CT molecular complexity index is 398. The van der Waals surface area contributed by atoms with Crippen LogP contribution in [0.5, 0.6) is 0 Å². The van der Waals surface area contributed by atoms with Crippen LogP contribution in [0.4, 0.5) is 14.6 Å². The van der Waals surface area contributed by atoms with Crippen LogP contribution in [0.1, 0.15) is 17.6 Å². The van der Waals surface area contributed by atoms with Crippen molar-refractivity contribution in [2.45, 2.75) is 12.8 Å². The summed E-state index contributed by atoms with van der Waals surface area (Å²) in [6.45, 7) is 0. The second kappa shape index (κ2) is 4.52. The number of nitrogen functional groups attached to an aromatic ring is 1. The Hall–Kier alpha value is -1.24. The van der Waals surface area contributed by atoms with Crippen LogP contribution < -0.4 is 5.73 Å². The fourth-order valence-corrected chi connectivity index (χ4v) is 1.55. The molecule has 0 amide bonds. The third-order valence-corrected chi connectivity index (χ3v) is 2.13. The number of hydrogen-bond acceptors (Lipinski definition) is 3. The van der Waals surface area contributed by atoms with E-state index in [-0.39, 0.29) is 16.0 Å². The zero-order valence-corrected chi connectivity index (χ0v) is 8.96. The first-order chi connectivity index (χ1) is 6.91. The SMILES string of the molecule is Nc1nc(Br)cc(C(F)F)c1CC(=O)O. The average Bonchev–Trinajstić information content (AvgIpc) is 2.08. The number of nitrogens with zero attached hydrogens (tertiary/aromatic N) is 1. The lowest BCUT2D eigenvalue weighted by molar-refractivity contribution is -0.136. The topological polar surface area (TPSA) is 76.2 Å². The van der Waals surface area contributed by atoms with E-state index in [1.165, 1.54) is 0 Å². The average molecular weight is 281 g/mol. The highest BCUT2D eigenvalue weighted by molar-refractivity contribution is 9.10. The van der Waals surface area contributed by atoms with Crippen molar-refractivity contribution in [1.29, 1.82) is 0 Å². The normalized spacial score (nSPS) is 10.7. The van der Waals surface area contributed by atoms with Crippen molar-refractivity contribution in [3.8, 4) is 0 Å². The van der Waals surface area contributed by atoms with Gasteiger partial charge in [-0.05, 0) is 22.0 Å². The molecule has 1 aromatic heterocycles. The van der Waals surface area contributed by atoms with Gasteiger partial charge in [0.1, 0.15) is 10.4 Å². The molecule has 0 aliphatic heterocycles. The summed E-state index contributed by atoms with van der Waals surface area (Å²) in [4.78, 5) is 14.1. The summed E-state index contributed by atoms with van der Waals surface area (Å²) >= 11 is 2.91. The van der Waals surface area contributed by atoms with E-state index in [1.54, 1.807) is 0 Å². The van der Waals surface area contributed by atoms with Crippen molar-refractivity contribution in [2.75, 3.05) is 5.73 Å². The number of aromatic nitrogens is 1. The first kappa shape index (κ1) is 11.8. The lowest BCUT2D eigenvalue weighted by Gasteiger charge is -2.09. The number of halogens is 3. The third-order valence-electron chi connectivity index (χ3n) is 1.72. The highest BCUT2D eigenvalue weighted by Gasteiger charge is 2.19. The van der Waals surface area contributed by atoms with Gasteiger partial charge in [0.05, 0.1) is 6.42 Å². The van der Waals surface area contributed by atoms with Crippen LogP contribution in [-0.4, -0.2) is 16.1 Å². The Morgan fingerprint density at radius 1 is 1.67 bits per heavy atom. The summed E-state index contributed by atoms with van der Waals surface area (Å²) in [6, 6.07) is 1.07. The van der Waals surface area contributed by atoms with E-state index in [4.69, 9.17) is 10.8 Å². The molecule has 0 saturated carbocycles. The molecule has 7 heteroatoms. The number of carboxylic acid groups (broad SMARTS) is 1. The fourth-order valence-electron chi connectivity index (χ4n) is 1.12. The predicted molar refractivity (Wildman–Crippen MR) is 52.6 cm³/mol. The zero-order chi connectivity index (χ0) is 11.6. The Labute approximate surface area is 92.2 Å². The van der Waals surface area contributed by atoms with Crippen molar-refractivity contribution in [3.63, 3.8) is 0 Å². The monoisotopic (exact) mass is 280 g/mol. The number of aliphatic carboxylic acids is 1. The van der Waals surface area contributed by atoms with Crippen LogP contribution in [-0.2, 0) is 11.2 Å². The van der Waals surface area contributed by atoms with Crippen LogP contribution in [0.25, 0.3) is 0 Å². The van der Waals surface area contributed by atoms with Gasteiger partial charge < -0.3 is 10.8 Å². The fraction of sp³-hybridized carbons (Fsp3) is 0.250. The summed E-state index contributed by atoms with van der Waals surface area (Å²) in [5.41, 5.74) is 4.83. The molecule has 4 nitrogen and oxygen atoms in total. The molecule has 0 saturated heterocycles. The molecule has 0 aliphatic rings. The predicted octanol–water partition coefficient (Wildman–Crippen LogP) is 1.99. The van der Waals surface area contributed by atoms with Gasteiger partial charge in [-0.25, -0.2) is 13.8 Å². The molecule has 0 fully saturated rings. The summed E-state index contributed by atoms with van der Waals surface area (Å²) in [7, 11) is 0. The molecular formula is C8H7BrF2N2O2. The van der Waals surface area contributed by atoms with Gasteiger partial charge in [0.2, 0.25) is 0 Å². The lowest BCUT2D eigenvalue weighted by Crippen LogP contribution is -2.09. The Morgan fingerprint density at radius 2 is 2.27 bits per heavy atom. The van der Waals surface area contributed by atoms with Crippen molar-refractivity contribution in [3.05, 3.63) is 21.8 Å². The second-order valence-electron chi connectivity index (χ2n) is 2.77. The summed E-state index contributed by atoms with van der Waals surface area (Å²) in [6.07, 6.45) is -3.34. The molecule has 0 bridgehead atoms.